The third-order valence-electron chi connectivity index (χ3n) is 2.32. The van der Waals surface area contributed by atoms with Crippen molar-refractivity contribution in [2.45, 2.75) is 6.42 Å². The highest BCUT2D eigenvalue weighted by molar-refractivity contribution is 7.12. The second kappa shape index (κ2) is 4.93. The molecule has 17 heavy (non-hydrogen) atoms. The van der Waals surface area contributed by atoms with Gasteiger partial charge in [0.2, 0.25) is 0 Å². The van der Waals surface area contributed by atoms with Crippen LogP contribution in [0, 0.1) is 0 Å². The molecule has 0 saturated heterocycles. The first kappa shape index (κ1) is 11.5. The summed E-state index contributed by atoms with van der Waals surface area (Å²) in [6.45, 7) is 0. The summed E-state index contributed by atoms with van der Waals surface area (Å²) in [6.07, 6.45) is -0.210. The van der Waals surface area contributed by atoms with E-state index in [2.05, 4.69) is 0 Å². The zero-order chi connectivity index (χ0) is 12.3. The maximum Gasteiger partial charge on any atom is 0.180 e. The van der Waals surface area contributed by atoms with E-state index in [1.165, 1.54) is 23.5 Å². The van der Waals surface area contributed by atoms with Crippen LogP contribution >= 0.6 is 11.3 Å². The van der Waals surface area contributed by atoms with E-state index >= 15 is 0 Å². The SMILES string of the molecule is O=C(CC(=O)c1ccccc1O)c1cccs1. The molecular weight excluding hydrogens is 236 g/mol. The predicted molar refractivity (Wildman–Crippen MR) is 65.7 cm³/mol. The summed E-state index contributed by atoms with van der Waals surface area (Å²) >= 11 is 1.31. The number of carbonyl (C=O) groups excluding carboxylic acids is 2. The second-order valence-electron chi connectivity index (χ2n) is 3.52. The molecule has 2 rings (SSSR count). The molecule has 0 spiro atoms. The van der Waals surface area contributed by atoms with Crippen molar-refractivity contribution in [1.29, 1.82) is 0 Å². The van der Waals surface area contributed by atoms with Crippen LogP contribution in [0.3, 0.4) is 0 Å². The van der Waals surface area contributed by atoms with Crippen molar-refractivity contribution in [1.82, 2.24) is 0 Å². The molecule has 2 aromatic rings. The summed E-state index contributed by atoms with van der Waals surface area (Å²) < 4.78 is 0. The third kappa shape index (κ3) is 2.60. The van der Waals surface area contributed by atoms with Crippen molar-refractivity contribution >= 4 is 22.9 Å². The molecule has 0 fully saturated rings. The van der Waals surface area contributed by atoms with E-state index in [9.17, 15) is 14.7 Å². The van der Waals surface area contributed by atoms with Crippen LogP contribution in [0.15, 0.2) is 41.8 Å². The summed E-state index contributed by atoms with van der Waals surface area (Å²) in [5, 5.41) is 11.3. The van der Waals surface area contributed by atoms with Gasteiger partial charge in [-0.3, -0.25) is 9.59 Å². The third-order valence-corrected chi connectivity index (χ3v) is 3.23. The van der Waals surface area contributed by atoms with E-state index in [-0.39, 0.29) is 29.3 Å². The predicted octanol–water partition coefficient (Wildman–Crippen LogP) is 2.91. The van der Waals surface area contributed by atoms with Crippen molar-refractivity contribution in [3.8, 4) is 5.75 Å². The van der Waals surface area contributed by atoms with Gasteiger partial charge in [-0.1, -0.05) is 18.2 Å². The van der Waals surface area contributed by atoms with E-state index in [4.69, 9.17) is 0 Å². The molecule has 0 bridgehead atoms. The average Bonchev–Trinajstić information content (AvgIpc) is 2.82. The molecule has 1 N–H and O–H groups in total. The number of aromatic hydroxyl groups is 1. The summed E-state index contributed by atoms with van der Waals surface area (Å²) in [5.74, 6) is -0.661. The molecule has 0 aliphatic rings. The Morgan fingerprint density at radius 2 is 1.82 bits per heavy atom. The van der Waals surface area contributed by atoms with Crippen LogP contribution < -0.4 is 0 Å². The largest absolute Gasteiger partial charge is 0.507 e. The lowest BCUT2D eigenvalue weighted by Crippen LogP contribution is -2.07. The minimum Gasteiger partial charge on any atom is -0.507 e. The van der Waals surface area contributed by atoms with Crippen molar-refractivity contribution in [3.05, 3.63) is 52.2 Å². The molecule has 1 aromatic heterocycles. The number of para-hydroxylation sites is 1. The number of phenols is 1. The van der Waals surface area contributed by atoms with Gasteiger partial charge in [0.1, 0.15) is 5.75 Å². The van der Waals surface area contributed by atoms with Gasteiger partial charge in [-0.2, -0.15) is 0 Å². The van der Waals surface area contributed by atoms with Crippen LogP contribution in [-0.4, -0.2) is 16.7 Å². The zero-order valence-corrected chi connectivity index (χ0v) is 9.74. The molecule has 0 radical (unpaired) electrons. The monoisotopic (exact) mass is 246 g/mol. The van der Waals surface area contributed by atoms with Gasteiger partial charge in [-0.05, 0) is 23.6 Å². The smallest absolute Gasteiger partial charge is 0.180 e. The van der Waals surface area contributed by atoms with Crippen molar-refractivity contribution in [2.24, 2.45) is 0 Å². The first-order valence-electron chi connectivity index (χ1n) is 5.06. The summed E-state index contributed by atoms with van der Waals surface area (Å²) in [7, 11) is 0. The topological polar surface area (TPSA) is 54.4 Å². The number of Topliss-reactive ketones (excluding diaryl/α,β-unsaturated/α-hetero) is 2. The molecule has 1 aromatic carbocycles. The standard InChI is InChI=1S/C13H10O3S/c14-10-5-2-1-4-9(10)11(15)8-12(16)13-6-3-7-17-13/h1-7,14H,8H2. The molecular formula is C13H10O3S. The lowest BCUT2D eigenvalue weighted by molar-refractivity contribution is 0.0895. The van der Waals surface area contributed by atoms with Gasteiger partial charge in [0.05, 0.1) is 16.9 Å². The number of carbonyl (C=O) groups is 2. The van der Waals surface area contributed by atoms with E-state index < -0.39 is 0 Å². The molecule has 0 atom stereocenters. The molecule has 0 aliphatic heterocycles. The Bertz CT molecular complexity index is 544. The molecule has 0 unspecified atom stereocenters. The highest BCUT2D eigenvalue weighted by Gasteiger charge is 2.16. The first-order valence-corrected chi connectivity index (χ1v) is 5.94. The number of benzene rings is 1. The van der Waals surface area contributed by atoms with Crippen LogP contribution in [0.1, 0.15) is 26.5 Å². The van der Waals surface area contributed by atoms with Crippen molar-refractivity contribution in [3.63, 3.8) is 0 Å². The van der Waals surface area contributed by atoms with Crippen LogP contribution in [0.25, 0.3) is 0 Å². The minimum atomic E-state index is -0.360. The normalized spacial score (nSPS) is 10.1. The Morgan fingerprint density at radius 1 is 1.06 bits per heavy atom. The van der Waals surface area contributed by atoms with Gasteiger partial charge < -0.3 is 5.11 Å². The quantitative estimate of drug-likeness (QED) is 0.666. The summed E-state index contributed by atoms with van der Waals surface area (Å²) in [5.41, 5.74) is 0.192. The molecule has 4 heteroatoms. The molecule has 0 amide bonds. The molecule has 0 aliphatic carbocycles. The van der Waals surface area contributed by atoms with Gasteiger partial charge in [0, 0.05) is 0 Å². The number of phenolic OH excluding ortho intramolecular Hbond substituents is 1. The van der Waals surface area contributed by atoms with E-state index in [0.717, 1.165) is 0 Å². The van der Waals surface area contributed by atoms with Crippen LogP contribution in [0.4, 0.5) is 0 Å². The average molecular weight is 246 g/mol. The minimum absolute atomic E-state index is 0.0866. The molecule has 1 heterocycles. The Kier molecular flexibility index (Phi) is 3.35. The Labute approximate surface area is 102 Å². The van der Waals surface area contributed by atoms with Gasteiger partial charge in [-0.25, -0.2) is 0 Å². The highest BCUT2D eigenvalue weighted by atomic mass is 32.1. The number of ketones is 2. The van der Waals surface area contributed by atoms with Gasteiger partial charge in [0.25, 0.3) is 0 Å². The van der Waals surface area contributed by atoms with Gasteiger partial charge in [0.15, 0.2) is 11.6 Å². The van der Waals surface area contributed by atoms with Crippen LogP contribution in [0.2, 0.25) is 0 Å². The number of hydrogen-bond acceptors (Lipinski definition) is 4. The van der Waals surface area contributed by atoms with Crippen LogP contribution in [-0.2, 0) is 0 Å². The second-order valence-corrected chi connectivity index (χ2v) is 4.47. The molecule has 86 valence electrons. The number of hydrogen-bond donors (Lipinski definition) is 1. The number of rotatable bonds is 4. The highest BCUT2D eigenvalue weighted by Crippen LogP contribution is 2.19. The van der Waals surface area contributed by atoms with E-state index in [1.54, 1.807) is 29.6 Å². The van der Waals surface area contributed by atoms with Gasteiger partial charge in [-0.15, -0.1) is 11.3 Å². The van der Waals surface area contributed by atoms with Crippen LogP contribution in [0.5, 0.6) is 5.75 Å². The fourth-order valence-electron chi connectivity index (χ4n) is 1.47. The van der Waals surface area contributed by atoms with Crippen molar-refractivity contribution < 1.29 is 14.7 Å². The fourth-order valence-corrected chi connectivity index (χ4v) is 2.14. The van der Waals surface area contributed by atoms with Crippen molar-refractivity contribution in [2.75, 3.05) is 0 Å². The Hall–Kier alpha value is -1.94. The first-order chi connectivity index (χ1) is 8.18. The zero-order valence-electron chi connectivity index (χ0n) is 8.92. The summed E-state index contributed by atoms with van der Waals surface area (Å²) in [4.78, 5) is 24.1. The maximum atomic E-state index is 11.8. The van der Waals surface area contributed by atoms with E-state index in [0.29, 0.717) is 4.88 Å². The molecule has 3 nitrogen and oxygen atoms in total. The lowest BCUT2D eigenvalue weighted by atomic mass is 10.0. The summed E-state index contributed by atoms with van der Waals surface area (Å²) in [6, 6.07) is 9.69. The fraction of sp³-hybridized carbons (Fsp3) is 0.0769. The van der Waals surface area contributed by atoms with E-state index in [1.807, 2.05) is 0 Å². The lowest BCUT2D eigenvalue weighted by Gasteiger charge is -2.01. The maximum absolute atomic E-state index is 11.8. The molecule has 0 saturated carbocycles. The van der Waals surface area contributed by atoms with Gasteiger partial charge >= 0.3 is 0 Å². The Balaban J connectivity index is 2.13. The Morgan fingerprint density at radius 3 is 2.47 bits per heavy atom. The number of thiophene rings is 1.